The Morgan fingerprint density at radius 3 is 2.62 bits per heavy atom. The van der Waals surface area contributed by atoms with Crippen molar-refractivity contribution < 1.29 is 13.9 Å². The van der Waals surface area contributed by atoms with Crippen LogP contribution in [0.2, 0.25) is 0 Å². The summed E-state index contributed by atoms with van der Waals surface area (Å²) in [5.41, 5.74) is 11.0. The largest absolute Gasteiger partial charge is 0.384 e. The molecule has 0 spiro atoms. The highest BCUT2D eigenvalue weighted by atomic mass is 32.1. The maximum atomic E-state index is 15.0. The molecule has 0 amide bonds. The average Bonchev–Trinajstić information content (AvgIpc) is 3.62. The Bertz CT molecular complexity index is 1730. The highest BCUT2D eigenvalue weighted by molar-refractivity contribution is 7.22. The monoisotopic (exact) mass is 564 g/mol. The van der Waals surface area contributed by atoms with Gasteiger partial charge in [-0.25, -0.2) is 23.4 Å². The molecule has 0 bridgehead atoms. The molecule has 40 heavy (non-hydrogen) atoms. The van der Waals surface area contributed by atoms with Crippen LogP contribution in [0.25, 0.3) is 20.7 Å². The number of halogens is 2. The molecule has 13 heteroatoms. The fourth-order valence-corrected chi connectivity index (χ4v) is 5.55. The summed E-state index contributed by atoms with van der Waals surface area (Å²) in [5, 5.41) is 15.9. The van der Waals surface area contributed by atoms with Crippen LogP contribution in [0.15, 0.2) is 77.3 Å². The number of amidine groups is 1. The van der Waals surface area contributed by atoms with Gasteiger partial charge >= 0.3 is 0 Å². The van der Waals surface area contributed by atoms with Gasteiger partial charge in [0.2, 0.25) is 0 Å². The first-order chi connectivity index (χ1) is 19.2. The second-order valence-electron chi connectivity index (χ2n) is 9.23. The lowest BCUT2D eigenvalue weighted by atomic mass is 9.86. The third-order valence-electron chi connectivity index (χ3n) is 6.71. The topological polar surface area (TPSA) is 150 Å². The number of fused-ring (bicyclic) bond motifs is 1. The number of nitrogens with two attached hydrogens (primary N) is 2. The quantitative estimate of drug-likeness (QED) is 0.184. The van der Waals surface area contributed by atoms with Gasteiger partial charge in [-0.3, -0.25) is 14.4 Å². The lowest BCUT2D eigenvalue weighted by molar-refractivity contribution is -0.0343. The van der Waals surface area contributed by atoms with Crippen LogP contribution in [0.3, 0.4) is 0 Å². The molecular weight excluding hydrogens is 538 g/mol. The van der Waals surface area contributed by atoms with E-state index in [1.54, 1.807) is 13.0 Å². The summed E-state index contributed by atoms with van der Waals surface area (Å²) < 4.78 is 31.6. The van der Waals surface area contributed by atoms with Gasteiger partial charge in [-0.2, -0.15) is 5.10 Å². The fourth-order valence-electron chi connectivity index (χ4n) is 4.50. The maximum absolute atomic E-state index is 15.0. The van der Waals surface area contributed by atoms with Gasteiger partial charge in [-0.05, 0) is 24.6 Å². The van der Waals surface area contributed by atoms with Gasteiger partial charge in [0.15, 0.2) is 0 Å². The predicted octanol–water partition coefficient (Wildman–Crippen LogP) is 2.81. The van der Waals surface area contributed by atoms with E-state index in [9.17, 15) is 18.7 Å². The summed E-state index contributed by atoms with van der Waals surface area (Å²) in [6, 6.07) is 11.1. The van der Waals surface area contributed by atoms with E-state index in [4.69, 9.17) is 11.5 Å². The molecule has 10 nitrogen and oxygen atoms in total. The molecule has 2 atom stereocenters. The van der Waals surface area contributed by atoms with E-state index in [0.717, 1.165) is 28.1 Å². The maximum Gasteiger partial charge on any atom is 0.271 e. The van der Waals surface area contributed by atoms with Crippen molar-refractivity contribution in [3.63, 3.8) is 0 Å². The Balaban J connectivity index is 1.53. The van der Waals surface area contributed by atoms with Gasteiger partial charge < -0.3 is 16.6 Å². The highest BCUT2D eigenvalue weighted by Crippen LogP contribution is 2.37. The second-order valence-corrected chi connectivity index (χ2v) is 10.3. The first kappa shape index (κ1) is 27.2. The zero-order chi connectivity index (χ0) is 28.4. The summed E-state index contributed by atoms with van der Waals surface area (Å²) in [6.45, 7) is 2.15. The summed E-state index contributed by atoms with van der Waals surface area (Å²) in [4.78, 5) is 27.0. The van der Waals surface area contributed by atoms with E-state index in [1.165, 1.54) is 39.6 Å². The Hall–Kier alpha value is -4.33. The summed E-state index contributed by atoms with van der Waals surface area (Å²) >= 11 is 1.25. The molecule has 0 aliphatic rings. The van der Waals surface area contributed by atoms with E-state index in [0.29, 0.717) is 35.2 Å². The van der Waals surface area contributed by atoms with E-state index >= 15 is 0 Å². The number of aromatic nitrogens is 5. The SMILES string of the molecule is C[C@@H](n1cnc2cc(-c3ccc(C(N)=NCCN)cc3)sc2c1=O)[C@](O)(Cn1cncn1)c1ccc(F)cc1F. The zero-order valence-electron chi connectivity index (χ0n) is 21.4. The zero-order valence-corrected chi connectivity index (χ0v) is 22.2. The molecule has 0 radical (unpaired) electrons. The number of hydrogen-bond donors (Lipinski definition) is 3. The molecule has 5 aromatic rings. The van der Waals surface area contributed by atoms with Crippen molar-refractivity contribution >= 4 is 27.4 Å². The van der Waals surface area contributed by atoms with Crippen LogP contribution in [0.4, 0.5) is 8.78 Å². The van der Waals surface area contributed by atoms with Crippen molar-refractivity contribution in [1.29, 1.82) is 0 Å². The van der Waals surface area contributed by atoms with Gasteiger partial charge in [0, 0.05) is 28.6 Å². The van der Waals surface area contributed by atoms with Crippen LogP contribution in [-0.2, 0) is 12.1 Å². The molecular formula is C27H26F2N8O2S. The Labute approximate surface area is 231 Å². The number of nitrogens with zero attached hydrogens (tertiary/aromatic N) is 6. The molecule has 5 N–H and O–H groups in total. The molecule has 0 aliphatic carbocycles. The minimum atomic E-state index is -2.01. The van der Waals surface area contributed by atoms with Crippen molar-refractivity contribution in [2.45, 2.75) is 25.1 Å². The van der Waals surface area contributed by atoms with Gasteiger partial charge in [-0.1, -0.05) is 30.3 Å². The number of benzene rings is 2. The minimum absolute atomic E-state index is 0.190. The third kappa shape index (κ3) is 5.13. The van der Waals surface area contributed by atoms with E-state index in [1.807, 2.05) is 24.3 Å². The van der Waals surface area contributed by atoms with Crippen molar-refractivity contribution in [2.24, 2.45) is 16.5 Å². The third-order valence-corrected chi connectivity index (χ3v) is 7.88. The average molecular weight is 565 g/mol. The molecule has 3 heterocycles. The minimum Gasteiger partial charge on any atom is -0.384 e. The van der Waals surface area contributed by atoms with E-state index in [2.05, 4.69) is 20.1 Å². The second kappa shape index (κ2) is 11.0. The van der Waals surface area contributed by atoms with Crippen LogP contribution < -0.4 is 17.0 Å². The van der Waals surface area contributed by atoms with Crippen molar-refractivity contribution in [2.75, 3.05) is 13.1 Å². The lowest BCUT2D eigenvalue weighted by Gasteiger charge is -2.35. The Morgan fingerprint density at radius 1 is 1.18 bits per heavy atom. The number of rotatable bonds is 9. The summed E-state index contributed by atoms with van der Waals surface area (Å²) in [5.74, 6) is -1.35. The molecule has 0 aliphatic heterocycles. The first-order valence-corrected chi connectivity index (χ1v) is 13.1. The van der Waals surface area contributed by atoms with Gasteiger partial charge in [0.05, 0.1) is 31.0 Å². The summed E-state index contributed by atoms with van der Waals surface area (Å²) in [6.07, 6.45) is 3.95. The van der Waals surface area contributed by atoms with Crippen LogP contribution in [-0.4, -0.2) is 48.3 Å². The molecule has 0 fully saturated rings. The molecule has 5 rings (SSSR count). The summed E-state index contributed by atoms with van der Waals surface area (Å²) in [7, 11) is 0. The van der Waals surface area contributed by atoms with Crippen molar-refractivity contribution in [1.82, 2.24) is 24.3 Å². The molecule has 0 saturated carbocycles. The Kier molecular flexibility index (Phi) is 7.52. The predicted molar refractivity (Wildman–Crippen MR) is 149 cm³/mol. The first-order valence-electron chi connectivity index (χ1n) is 12.3. The van der Waals surface area contributed by atoms with Crippen LogP contribution >= 0.6 is 11.3 Å². The highest BCUT2D eigenvalue weighted by Gasteiger charge is 2.41. The number of thiophene rings is 1. The number of aliphatic imine (C=N–C) groups is 1. The molecule has 0 saturated heterocycles. The van der Waals surface area contributed by atoms with Crippen LogP contribution in [0.5, 0.6) is 0 Å². The molecule has 0 unspecified atom stereocenters. The van der Waals surface area contributed by atoms with E-state index in [-0.39, 0.29) is 12.1 Å². The van der Waals surface area contributed by atoms with E-state index < -0.39 is 28.8 Å². The van der Waals surface area contributed by atoms with Crippen LogP contribution in [0, 0.1) is 11.6 Å². The normalized spacial score (nSPS) is 14.4. The fraction of sp³-hybridized carbons (Fsp3) is 0.222. The van der Waals surface area contributed by atoms with Crippen LogP contribution in [0.1, 0.15) is 24.1 Å². The molecule has 3 aromatic heterocycles. The molecule has 2 aromatic carbocycles. The molecule has 206 valence electrons. The van der Waals surface area contributed by atoms with Gasteiger partial charge in [-0.15, -0.1) is 11.3 Å². The Morgan fingerprint density at radius 2 is 1.95 bits per heavy atom. The number of hydrogen-bond acceptors (Lipinski definition) is 8. The smallest absolute Gasteiger partial charge is 0.271 e. The standard InChI is InChI=1S/C27H26F2N8O2S/c1-16(27(39,12-36-14-32-13-35-36)20-7-6-19(28)10-21(20)29)37-15-34-22-11-23(40-24(22)26(37)38)17-2-4-18(5-3-17)25(31)33-9-8-30/h2-7,10-11,13-16,39H,8-9,12,30H2,1H3,(H2,31,33)/t16-,27-/m1/s1. The van der Waals surface area contributed by atoms with Gasteiger partial charge in [0.25, 0.3) is 5.56 Å². The van der Waals surface area contributed by atoms with Gasteiger partial charge in [0.1, 0.15) is 40.4 Å². The van der Waals surface area contributed by atoms with Crippen molar-refractivity contribution in [3.8, 4) is 10.4 Å². The lowest BCUT2D eigenvalue weighted by Crippen LogP contribution is -2.43. The van der Waals surface area contributed by atoms with Crippen molar-refractivity contribution in [3.05, 3.63) is 101 Å². The number of aliphatic hydroxyl groups is 1.